The second-order valence-electron chi connectivity index (χ2n) is 3.67. The lowest BCUT2D eigenvalue weighted by atomic mass is 10.2. The second kappa shape index (κ2) is 7.34. The number of benzene rings is 1. The van der Waals surface area contributed by atoms with Crippen LogP contribution in [-0.2, 0) is 33.8 Å². The van der Waals surface area contributed by atoms with Crippen LogP contribution in [0.2, 0.25) is 0 Å². The van der Waals surface area contributed by atoms with E-state index in [0.29, 0.717) is 0 Å². The summed E-state index contributed by atoms with van der Waals surface area (Å²) in [5, 5.41) is 0. The van der Waals surface area contributed by atoms with E-state index >= 15 is 0 Å². The minimum absolute atomic E-state index is 0.0966. The molecule has 1 aromatic rings. The average Bonchev–Trinajstić information content (AvgIpc) is 2.46. The summed E-state index contributed by atoms with van der Waals surface area (Å²) in [5.41, 5.74) is 0.837. The van der Waals surface area contributed by atoms with Gasteiger partial charge in [-0.15, -0.1) is 0 Å². The van der Waals surface area contributed by atoms with Crippen molar-refractivity contribution in [1.82, 2.24) is 0 Å². The molecule has 0 aliphatic rings. The van der Waals surface area contributed by atoms with Gasteiger partial charge in [0.05, 0.1) is 6.61 Å². The van der Waals surface area contributed by atoms with Crippen LogP contribution in [0.15, 0.2) is 30.3 Å². The molecule has 1 aromatic carbocycles. The molecule has 0 aliphatic heterocycles. The van der Waals surface area contributed by atoms with Crippen LogP contribution in [0, 0.1) is 0 Å². The van der Waals surface area contributed by atoms with Crippen LogP contribution in [0.5, 0.6) is 0 Å². The zero-order valence-corrected chi connectivity index (χ0v) is 12.9. The molecule has 1 unspecified atom stereocenters. The van der Waals surface area contributed by atoms with Crippen LogP contribution in [0.3, 0.4) is 0 Å². The molecule has 0 radical (unpaired) electrons. The first-order chi connectivity index (χ1) is 8.97. The van der Waals surface area contributed by atoms with E-state index in [0.717, 1.165) is 5.56 Å². The van der Waals surface area contributed by atoms with Crippen LogP contribution in [0.25, 0.3) is 0 Å². The molecule has 1 atom stereocenters. The maximum Gasteiger partial charge on any atom is 0.342 e. The van der Waals surface area contributed by atoms with E-state index in [1.807, 2.05) is 30.3 Å². The van der Waals surface area contributed by atoms with Crippen molar-refractivity contribution >= 4 is 15.2 Å². The Morgan fingerprint density at radius 3 is 1.89 bits per heavy atom. The van der Waals surface area contributed by atoms with E-state index in [2.05, 4.69) is 0 Å². The molecular formula is C11H18O6P2. The van der Waals surface area contributed by atoms with Gasteiger partial charge in [0.15, 0.2) is 5.90 Å². The van der Waals surface area contributed by atoms with Crippen LogP contribution < -0.4 is 0 Å². The monoisotopic (exact) mass is 308 g/mol. The predicted molar refractivity (Wildman–Crippen MR) is 72.3 cm³/mol. The van der Waals surface area contributed by atoms with Gasteiger partial charge in [0, 0.05) is 21.3 Å². The lowest BCUT2D eigenvalue weighted by molar-refractivity contribution is 0.223. The summed E-state index contributed by atoms with van der Waals surface area (Å²) in [4.78, 5) is 0. The summed E-state index contributed by atoms with van der Waals surface area (Å²) in [6.07, 6.45) is 0. The maximum atomic E-state index is 12.3. The molecule has 0 bridgehead atoms. The maximum absolute atomic E-state index is 12.3. The lowest BCUT2D eigenvalue weighted by Crippen LogP contribution is -2.02. The minimum Gasteiger partial charge on any atom is -0.311 e. The molecule has 8 heteroatoms. The van der Waals surface area contributed by atoms with Gasteiger partial charge in [-0.2, -0.15) is 0 Å². The standard InChI is InChI=1S/C11H18O6P2/c1-14-18(12,15-2)10-19(13,16-3)17-9-11-7-5-4-6-8-11/h4-8H,9-10H2,1-3H3. The van der Waals surface area contributed by atoms with Gasteiger partial charge in [-0.25, -0.2) is 0 Å². The number of hydrogen-bond donors (Lipinski definition) is 0. The van der Waals surface area contributed by atoms with Crippen LogP contribution >= 0.6 is 15.2 Å². The normalized spacial score (nSPS) is 15.1. The molecule has 6 nitrogen and oxygen atoms in total. The van der Waals surface area contributed by atoms with E-state index in [-0.39, 0.29) is 6.61 Å². The van der Waals surface area contributed by atoms with Gasteiger partial charge in [-0.1, -0.05) is 30.3 Å². The highest BCUT2D eigenvalue weighted by Crippen LogP contribution is 2.63. The highest BCUT2D eigenvalue weighted by atomic mass is 31.2. The molecular weight excluding hydrogens is 290 g/mol. The van der Waals surface area contributed by atoms with Gasteiger partial charge in [-0.05, 0) is 5.56 Å². The van der Waals surface area contributed by atoms with E-state index in [9.17, 15) is 9.13 Å². The van der Waals surface area contributed by atoms with Crippen molar-refractivity contribution in [2.24, 2.45) is 0 Å². The minimum atomic E-state index is -3.53. The van der Waals surface area contributed by atoms with E-state index < -0.39 is 21.1 Å². The van der Waals surface area contributed by atoms with Crippen LogP contribution in [0.1, 0.15) is 5.56 Å². The van der Waals surface area contributed by atoms with E-state index in [1.165, 1.54) is 21.3 Å². The highest BCUT2D eigenvalue weighted by molar-refractivity contribution is 7.71. The Morgan fingerprint density at radius 2 is 1.42 bits per heavy atom. The molecule has 0 N–H and O–H groups in total. The quantitative estimate of drug-likeness (QED) is 0.685. The Labute approximate surface area is 113 Å². The molecule has 0 aromatic heterocycles. The summed E-state index contributed by atoms with van der Waals surface area (Å²) in [6.45, 7) is 0.0966. The third-order valence-electron chi connectivity index (χ3n) is 2.45. The van der Waals surface area contributed by atoms with Gasteiger partial charge >= 0.3 is 15.2 Å². The smallest absolute Gasteiger partial charge is 0.311 e. The highest BCUT2D eigenvalue weighted by Gasteiger charge is 2.36. The van der Waals surface area contributed by atoms with E-state index in [1.54, 1.807) is 0 Å². The van der Waals surface area contributed by atoms with Crippen molar-refractivity contribution in [2.75, 3.05) is 27.2 Å². The van der Waals surface area contributed by atoms with Crippen molar-refractivity contribution in [1.29, 1.82) is 0 Å². The topological polar surface area (TPSA) is 71.1 Å². The molecule has 0 saturated heterocycles. The largest absolute Gasteiger partial charge is 0.342 e. The van der Waals surface area contributed by atoms with Crippen molar-refractivity contribution < 1.29 is 27.2 Å². The average molecular weight is 308 g/mol. The fourth-order valence-electron chi connectivity index (χ4n) is 1.30. The predicted octanol–water partition coefficient (Wildman–Crippen LogP) is 3.49. The number of rotatable bonds is 8. The first-order valence-corrected chi connectivity index (χ1v) is 8.96. The van der Waals surface area contributed by atoms with Gasteiger partial charge in [-0.3, -0.25) is 9.13 Å². The van der Waals surface area contributed by atoms with Crippen LogP contribution in [0.4, 0.5) is 0 Å². The molecule has 0 amide bonds. The van der Waals surface area contributed by atoms with E-state index in [4.69, 9.17) is 18.1 Å². The molecule has 108 valence electrons. The van der Waals surface area contributed by atoms with Crippen molar-refractivity contribution in [3.8, 4) is 0 Å². The summed E-state index contributed by atoms with van der Waals surface area (Å²) >= 11 is 0. The van der Waals surface area contributed by atoms with Crippen molar-refractivity contribution in [3.05, 3.63) is 35.9 Å². The first kappa shape index (κ1) is 16.6. The van der Waals surface area contributed by atoms with Crippen molar-refractivity contribution in [2.45, 2.75) is 6.61 Å². The summed E-state index contributed by atoms with van der Waals surface area (Å²) in [7, 11) is -3.30. The number of hydrogen-bond acceptors (Lipinski definition) is 6. The summed E-state index contributed by atoms with van der Waals surface area (Å²) in [6, 6.07) is 9.19. The Morgan fingerprint density at radius 1 is 0.895 bits per heavy atom. The molecule has 0 spiro atoms. The van der Waals surface area contributed by atoms with Gasteiger partial charge in [0.25, 0.3) is 0 Å². The zero-order valence-electron chi connectivity index (χ0n) is 11.1. The summed E-state index contributed by atoms with van der Waals surface area (Å²) in [5.74, 6) is -0.420. The zero-order chi connectivity index (χ0) is 14.4. The summed E-state index contributed by atoms with van der Waals surface area (Å²) < 4.78 is 43.9. The fourth-order valence-corrected chi connectivity index (χ4v) is 5.31. The third-order valence-corrected chi connectivity index (χ3v) is 7.41. The lowest BCUT2D eigenvalue weighted by Gasteiger charge is -2.20. The van der Waals surface area contributed by atoms with Gasteiger partial charge < -0.3 is 18.1 Å². The van der Waals surface area contributed by atoms with Crippen molar-refractivity contribution in [3.63, 3.8) is 0 Å². The van der Waals surface area contributed by atoms with Gasteiger partial charge in [0.2, 0.25) is 0 Å². The Balaban J connectivity index is 2.71. The molecule has 1 rings (SSSR count). The fraction of sp³-hybridized carbons (Fsp3) is 0.455. The Hall–Kier alpha value is -0.480. The third kappa shape index (κ3) is 5.19. The van der Waals surface area contributed by atoms with Gasteiger partial charge in [0.1, 0.15) is 0 Å². The Kier molecular flexibility index (Phi) is 6.40. The SMILES string of the molecule is COP(=O)(CP(=O)(OC)OCc1ccccc1)OC. The first-order valence-electron chi connectivity index (χ1n) is 5.51. The molecule has 0 fully saturated rings. The molecule has 0 aliphatic carbocycles. The van der Waals surface area contributed by atoms with Crippen LogP contribution in [-0.4, -0.2) is 27.2 Å². The molecule has 19 heavy (non-hydrogen) atoms. The second-order valence-corrected chi connectivity index (χ2v) is 8.60. The molecule has 0 heterocycles. The Bertz CT molecular complexity index is 467. The molecule has 0 saturated carbocycles.